The predicted octanol–water partition coefficient (Wildman–Crippen LogP) is 3.67. The average molecular weight is 477 g/mol. The molecule has 4 amide bonds. The van der Waals surface area contributed by atoms with Crippen LogP contribution in [0.3, 0.4) is 0 Å². The first kappa shape index (κ1) is 25.1. The quantitative estimate of drug-likeness (QED) is 0.436. The molecule has 0 radical (unpaired) electrons. The van der Waals surface area contributed by atoms with Gasteiger partial charge in [-0.25, -0.2) is 4.39 Å². The van der Waals surface area contributed by atoms with Gasteiger partial charge in [-0.3, -0.25) is 19.2 Å². The summed E-state index contributed by atoms with van der Waals surface area (Å²) in [5.74, 6) is -2.00. The number of nitrogens with zero attached hydrogens (tertiary/aromatic N) is 1. The molecule has 0 saturated heterocycles. The fraction of sp³-hybridized carbons (Fsp3) is 0.154. The number of amides is 4. The van der Waals surface area contributed by atoms with Gasteiger partial charge in [0.2, 0.25) is 11.8 Å². The molecule has 0 aliphatic carbocycles. The highest BCUT2D eigenvalue weighted by molar-refractivity contribution is 6.05. The molecule has 3 rings (SSSR count). The van der Waals surface area contributed by atoms with Gasteiger partial charge in [-0.05, 0) is 73.7 Å². The van der Waals surface area contributed by atoms with E-state index in [1.165, 1.54) is 41.3 Å². The topological polar surface area (TPSA) is 122 Å². The second-order valence-electron chi connectivity index (χ2n) is 7.67. The molecule has 8 nitrogen and oxygen atoms in total. The Bertz CT molecular complexity index is 1230. The zero-order chi connectivity index (χ0) is 25.4. The van der Waals surface area contributed by atoms with E-state index in [4.69, 9.17) is 5.73 Å². The number of benzene rings is 3. The van der Waals surface area contributed by atoms with Crippen molar-refractivity contribution in [3.63, 3.8) is 0 Å². The summed E-state index contributed by atoms with van der Waals surface area (Å²) in [6.45, 7) is 2.37. The van der Waals surface area contributed by atoms with E-state index >= 15 is 0 Å². The first-order chi connectivity index (χ1) is 16.8. The first-order valence-electron chi connectivity index (χ1n) is 10.9. The summed E-state index contributed by atoms with van der Waals surface area (Å²) < 4.78 is 13.1. The Labute approximate surface area is 201 Å². The molecule has 0 spiro atoms. The highest BCUT2D eigenvalue weighted by atomic mass is 19.1. The van der Waals surface area contributed by atoms with Crippen LogP contribution in [-0.2, 0) is 4.79 Å². The van der Waals surface area contributed by atoms with Crippen LogP contribution >= 0.6 is 0 Å². The third-order valence-corrected chi connectivity index (χ3v) is 5.20. The minimum Gasteiger partial charge on any atom is -0.366 e. The minimum atomic E-state index is -0.556. The van der Waals surface area contributed by atoms with Crippen LogP contribution in [-0.4, -0.2) is 41.6 Å². The average Bonchev–Trinajstić information content (AvgIpc) is 2.85. The third kappa shape index (κ3) is 6.97. The lowest BCUT2D eigenvalue weighted by Crippen LogP contribution is -2.33. The second kappa shape index (κ2) is 11.6. The third-order valence-electron chi connectivity index (χ3n) is 5.20. The van der Waals surface area contributed by atoms with Gasteiger partial charge in [-0.1, -0.05) is 6.07 Å². The highest BCUT2D eigenvalue weighted by Gasteiger charge is 2.17. The van der Waals surface area contributed by atoms with Crippen LogP contribution in [0.2, 0.25) is 0 Å². The zero-order valence-corrected chi connectivity index (χ0v) is 19.1. The fourth-order valence-corrected chi connectivity index (χ4v) is 3.30. The number of rotatable bonds is 9. The zero-order valence-electron chi connectivity index (χ0n) is 19.1. The Balaban J connectivity index is 1.58. The Morgan fingerprint density at radius 3 is 2.11 bits per heavy atom. The van der Waals surface area contributed by atoms with E-state index in [1.807, 2.05) is 0 Å². The predicted molar refractivity (Wildman–Crippen MR) is 131 cm³/mol. The van der Waals surface area contributed by atoms with Crippen LogP contribution in [0, 0.1) is 5.82 Å². The summed E-state index contributed by atoms with van der Waals surface area (Å²) in [5, 5.41) is 5.41. The molecule has 0 saturated carbocycles. The molecule has 35 heavy (non-hydrogen) atoms. The van der Waals surface area contributed by atoms with Crippen LogP contribution in [0.15, 0.2) is 72.8 Å². The number of carbonyl (C=O) groups excluding carboxylic acids is 4. The van der Waals surface area contributed by atoms with Crippen LogP contribution in [0.1, 0.15) is 44.4 Å². The van der Waals surface area contributed by atoms with E-state index < -0.39 is 17.6 Å². The van der Waals surface area contributed by atoms with Gasteiger partial charge in [-0.15, -0.1) is 0 Å². The van der Waals surface area contributed by atoms with Crippen molar-refractivity contribution in [2.45, 2.75) is 13.3 Å². The van der Waals surface area contributed by atoms with Gasteiger partial charge < -0.3 is 21.3 Å². The number of nitrogens with one attached hydrogen (secondary N) is 2. The van der Waals surface area contributed by atoms with Gasteiger partial charge in [-0.2, -0.15) is 0 Å². The van der Waals surface area contributed by atoms with Crippen molar-refractivity contribution < 1.29 is 23.6 Å². The van der Waals surface area contributed by atoms with Gasteiger partial charge in [0, 0.05) is 47.6 Å². The maximum atomic E-state index is 13.1. The molecular weight excluding hydrogens is 451 g/mol. The summed E-state index contributed by atoms with van der Waals surface area (Å²) in [6.07, 6.45) is 0.0676. The van der Waals surface area contributed by atoms with Crippen LogP contribution in [0.5, 0.6) is 0 Å². The van der Waals surface area contributed by atoms with Gasteiger partial charge in [0.1, 0.15) is 5.82 Å². The van der Waals surface area contributed by atoms with Crippen LogP contribution in [0.4, 0.5) is 15.8 Å². The summed E-state index contributed by atoms with van der Waals surface area (Å²) >= 11 is 0. The maximum absolute atomic E-state index is 13.1. The number of primary amides is 1. The SMILES string of the molecule is CCN(CCC(=O)Nc1ccc(C(N)=O)cc1)C(=O)c1cccc(NC(=O)c2ccc(F)cc2)c1. The molecule has 0 aliphatic rings. The van der Waals surface area contributed by atoms with Gasteiger partial charge in [0.15, 0.2) is 0 Å². The molecule has 9 heteroatoms. The van der Waals surface area contributed by atoms with Crippen LogP contribution in [0.25, 0.3) is 0 Å². The molecule has 0 bridgehead atoms. The van der Waals surface area contributed by atoms with Gasteiger partial charge in [0.05, 0.1) is 0 Å². The Kier molecular flexibility index (Phi) is 8.29. The van der Waals surface area contributed by atoms with E-state index in [1.54, 1.807) is 43.3 Å². The fourth-order valence-electron chi connectivity index (χ4n) is 3.30. The number of hydrogen-bond donors (Lipinski definition) is 3. The standard InChI is InChI=1S/C26H25FN4O4/c1-2-31(15-14-23(32)29-21-12-8-17(9-13-21)24(28)33)26(35)19-4-3-5-22(16-19)30-25(34)18-6-10-20(27)11-7-18/h3-13,16H,2,14-15H2,1H3,(H2,28,33)(H,29,32)(H,30,34). The number of halogens is 1. The van der Waals surface area contributed by atoms with Crippen molar-refractivity contribution in [1.82, 2.24) is 4.90 Å². The van der Waals surface area contributed by atoms with Crippen molar-refractivity contribution in [2.75, 3.05) is 23.7 Å². The monoisotopic (exact) mass is 476 g/mol. The molecule has 0 aliphatic heterocycles. The molecule has 0 atom stereocenters. The summed E-state index contributed by atoms with van der Waals surface area (Å²) in [6, 6.07) is 17.8. The molecule has 0 unspecified atom stereocenters. The number of carbonyl (C=O) groups is 4. The molecule has 0 aromatic heterocycles. The van der Waals surface area contributed by atoms with Crippen molar-refractivity contribution in [3.05, 3.63) is 95.3 Å². The maximum Gasteiger partial charge on any atom is 0.255 e. The van der Waals surface area contributed by atoms with E-state index in [0.717, 1.165) is 0 Å². The minimum absolute atomic E-state index is 0.0676. The molecule has 0 heterocycles. The number of hydrogen-bond acceptors (Lipinski definition) is 4. The summed E-state index contributed by atoms with van der Waals surface area (Å²) in [5.41, 5.74) is 7.11. The van der Waals surface area contributed by atoms with Gasteiger partial charge in [0.25, 0.3) is 11.8 Å². The van der Waals surface area contributed by atoms with Crippen LogP contribution < -0.4 is 16.4 Å². The molecule has 0 fully saturated rings. The van der Waals surface area contributed by atoms with Gasteiger partial charge >= 0.3 is 0 Å². The van der Waals surface area contributed by atoms with E-state index in [9.17, 15) is 23.6 Å². The van der Waals surface area contributed by atoms with Crippen molar-refractivity contribution in [2.24, 2.45) is 5.73 Å². The second-order valence-corrected chi connectivity index (χ2v) is 7.67. The molecule has 3 aromatic carbocycles. The van der Waals surface area contributed by atoms with Crippen molar-refractivity contribution >= 4 is 35.0 Å². The lowest BCUT2D eigenvalue weighted by atomic mass is 10.1. The Hall–Kier alpha value is -4.53. The molecular formula is C26H25FN4O4. The molecule has 3 aromatic rings. The smallest absolute Gasteiger partial charge is 0.255 e. The van der Waals surface area contributed by atoms with E-state index in [-0.39, 0.29) is 30.3 Å². The van der Waals surface area contributed by atoms with E-state index in [2.05, 4.69) is 10.6 Å². The highest BCUT2D eigenvalue weighted by Crippen LogP contribution is 2.15. The number of nitrogens with two attached hydrogens (primary N) is 1. The Morgan fingerprint density at radius 2 is 1.49 bits per heavy atom. The lowest BCUT2D eigenvalue weighted by molar-refractivity contribution is -0.116. The first-order valence-corrected chi connectivity index (χ1v) is 10.9. The largest absolute Gasteiger partial charge is 0.366 e. The summed E-state index contributed by atoms with van der Waals surface area (Å²) in [7, 11) is 0. The lowest BCUT2D eigenvalue weighted by Gasteiger charge is -2.21. The van der Waals surface area contributed by atoms with Crippen molar-refractivity contribution in [1.29, 1.82) is 0 Å². The normalized spacial score (nSPS) is 10.3. The Morgan fingerprint density at radius 1 is 0.829 bits per heavy atom. The molecule has 4 N–H and O–H groups in total. The number of anilines is 2. The molecule has 180 valence electrons. The van der Waals surface area contributed by atoms with E-state index in [0.29, 0.717) is 29.0 Å². The van der Waals surface area contributed by atoms with Crippen molar-refractivity contribution in [3.8, 4) is 0 Å². The summed E-state index contributed by atoms with van der Waals surface area (Å²) in [4.78, 5) is 50.4.